The third-order valence-corrected chi connectivity index (χ3v) is 3.18. The van der Waals surface area contributed by atoms with E-state index in [0.29, 0.717) is 0 Å². The Kier molecular flexibility index (Phi) is 4.06. The Labute approximate surface area is 113 Å². The average molecular weight is 261 g/mol. The van der Waals surface area contributed by atoms with Crippen LogP contribution in [0.3, 0.4) is 0 Å². The van der Waals surface area contributed by atoms with Crippen molar-refractivity contribution in [2.24, 2.45) is 7.05 Å². The minimum Gasteiger partial charge on any atom is -0.497 e. The standard InChI is InChI=1S/C14H19N3O2/c1-15-13(10-5-7-11(18-3)8-6-10)14-12(19-4)9-16-17(14)2/h5-9,13,15H,1-4H3. The molecule has 0 radical (unpaired) electrons. The SMILES string of the molecule is CNC(c1ccc(OC)cc1)c1c(OC)cnn1C. The van der Waals surface area contributed by atoms with Gasteiger partial charge in [-0.25, -0.2) is 0 Å². The van der Waals surface area contributed by atoms with E-state index in [-0.39, 0.29) is 6.04 Å². The molecule has 5 nitrogen and oxygen atoms in total. The van der Waals surface area contributed by atoms with Gasteiger partial charge in [-0.15, -0.1) is 0 Å². The zero-order chi connectivity index (χ0) is 13.8. The molecule has 0 aliphatic rings. The first-order chi connectivity index (χ1) is 9.21. The summed E-state index contributed by atoms with van der Waals surface area (Å²) >= 11 is 0. The zero-order valence-corrected chi connectivity index (χ0v) is 11.7. The number of ether oxygens (including phenoxy) is 2. The van der Waals surface area contributed by atoms with Crippen molar-refractivity contribution in [3.63, 3.8) is 0 Å². The van der Waals surface area contributed by atoms with Crippen LogP contribution in [0.5, 0.6) is 11.5 Å². The molecule has 2 rings (SSSR count). The number of aryl methyl sites for hydroxylation is 1. The molecule has 0 spiro atoms. The van der Waals surface area contributed by atoms with Gasteiger partial charge in [-0.2, -0.15) is 5.10 Å². The smallest absolute Gasteiger partial charge is 0.161 e. The largest absolute Gasteiger partial charge is 0.497 e. The van der Waals surface area contributed by atoms with Crippen LogP contribution in [0, 0.1) is 0 Å². The van der Waals surface area contributed by atoms with Crippen LogP contribution < -0.4 is 14.8 Å². The van der Waals surface area contributed by atoms with Crippen molar-refractivity contribution in [2.45, 2.75) is 6.04 Å². The lowest BCUT2D eigenvalue weighted by atomic mass is 10.0. The Hall–Kier alpha value is -2.01. The van der Waals surface area contributed by atoms with Crippen molar-refractivity contribution < 1.29 is 9.47 Å². The summed E-state index contributed by atoms with van der Waals surface area (Å²) in [4.78, 5) is 0. The lowest BCUT2D eigenvalue weighted by molar-refractivity contribution is 0.402. The number of hydrogen-bond acceptors (Lipinski definition) is 4. The van der Waals surface area contributed by atoms with Crippen molar-refractivity contribution in [2.75, 3.05) is 21.3 Å². The second-order valence-corrected chi connectivity index (χ2v) is 4.22. The first kappa shape index (κ1) is 13.4. The number of methoxy groups -OCH3 is 2. The third kappa shape index (κ3) is 2.56. The van der Waals surface area contributed by atoms with Crippen LogP contribution in [0.15, 0.2) is 30.5 Å². The summed E-state index contributed by atoms with van der Waals surface area (Å²) in [5.74, 6) is 1.62. The summed E-state index contributed by atoms with van der Waals surface area (Å²) in [6.45, 7) is 0. The lowest BCUT2D eigenvalue weighted by Gasteiger charge is -2.18. The molecule has 1 aromatic carbocycles. The third-order valence-electron chi connectivity index (χ3n) is 3.18. The van der Waals surface area contributed by atoms with E-state index in [1.165, 1.54) is 0 Å². The van der Waals surface area contributed by atoms with E-state index in [0.717, 1.165) is 22.8 Å². The molecule has 0 bridgehead atoms. The van der Waals surface area contributed by atoms with Crippen molar-refractivity contribution in [3.8, 4) is 11.5 Å². The molecule has 1 unspecified atom stereocenters. The minimum atomic E-state index is 0.0216. The van der Waals surface area contributed by atoms with E-state index in [1.54, 1.807) is 20.4 Å². The van der Waals surface area contributed by atoms with Gasteiger partial charge in [-0.05, 0) is 24.7 Å². The molecule has 0 aliphatic heterocycles. The fourth-order valence-corrected chi connectivity index (χ4v) is 2.17. The number of rotatable bonds is 5. The molecular formula is C14H19N3O2. The first-order valence-corrected chi connectivity index (χ1v) is 6.08. The van der Waals surface area contributed by atoms with Crippen LogP contribution in [-0.2, 0) is 7.05 Å². The molecule has 0 fully saturated rings. The highest BCUT2D eigenvalue weighted by Gasteiger charge is 2.20. The van der Waals surface area contributed by atoms with Gasteiger partial charge in [-0.1, -0.05) is 12.1 Å². The fourth-order valence-electron chi connectivity index (χ4n) is 2.17. The molecule has 19 heavy (non-hydrogen) atoms. The van der Waals surface area contributed by atoms with Gasteiger partial charge in [0.2, 0.25) is 0 Å². The number of benzene rings is 1. The summed E-state index contributed by atoms with van der Waals surface area (Å²) < 4.78 is 12.4. The number of nitrogens with one attached hydrogen (secondary N) is 1. The second-order valence-electron chi connectivity index (χ2n) is 4.22. The zero-order valence-electron chi connectivity index (χ0n) is 11.7. The van der Waals surface area contributed by atoms with Crippen LogP contribution in [0.25, 0.3) is 0 Å². The van der Waals surface area contributed by atoms with Gasteiger partial charge in [0, 0.05) is 7.05 Å². The molecule has 0 saturated carbocycles. The van der Waals surface area contributed by atoms with Gasteiger partial charge in [0.1, 0.15) is 11.4 Å². The maximum atomic E-state index is 5.37. The van der Waals surface area contributed by atoms with Crippen LogP contribution in [0.2, 0.25) is 0 Å². The molecular weight excluding hydrogens is 242 g/mol. The summed E-state index contributed by atoms with van der Waals surface area (Å²) in [7, 11) is 7.14. The average Bonchev–Trinajstić information content (AvgIpc) is 2.82. The van der Waals surface area contributed by atoms with Crippen molar-refractivity contribution in [1.82, 2.24) is 15.1 Å². The molecule has 0 aliphatic carbocycles. The van der Waals surface area contributed by atoms with Gasteiger partial charge in [0.25, 0.3) is 0 Å². The van der Waals surface area contributed by atoms with E-state index in [1.807, 2.05) is 43.0 Å². The van der Waals surface area contributed by atoms with Gasteiger partial charge in [0.05, 0.1) is 26.5 Å². The monoisotopic (exact) mass is 261 g/mol. The maximum Gasteiger partial charge on any atom is 0.161 e. The van der Waals surface area contributed by atoms with E-state index in [9.17, 15) is 0 Å². The van der Waals surface area contributed by atoms with Crippen molar-refractivity contribution in [1.29, 1.82) is 0 Å². The van der Waals surface area contributed by atoms with Crippen molar-refractivity contribution >= 4 is 0 Å². The quantitative estimate of drug-likeness (QED) is 0.890. The van der Waals surface area contributed by atoms with Crippen LogP contribution in [-0.4, -0.2) is 31.0 Å². The summed E-state index contributed by atoms with van der Waals surface area (Å²) in [5, 5.41) is 7.53. The Balaban J connectivity index is 2.40. The number of aromatic nitrogens is 2. The number of hydrogen-bond donors (Lipinski definition) is 1. The van der Waals surface area contributed by atoms with Crippen LogP contribution in [0.4, 0.5) is 0 Å². The van der Waals surface area contributed by atoms with E-state index >= 15 is 0 Å². The lowest BCUT2D eigenvalue weighted by Crippen LogP contribution is -2.21. The molecule has 1 aromatic heterocycles. The predicted molar refractivity (Wildman–Crippen MR) is 73.7 cm³/mol. The Morgan fingerprint density at radius 2 is 1.84 bits per heavy atom. The molecule has 1 atom stereocenters. The van der Waals surface area contributed by atoms with Crippen LogP contribution >= 0.6 is 0 Å². The second kappa shape index (κ2) is 5.75. The van der Waals surface area contributed by atoms with Gasteiger partial charge in [-0.3, -0.25) is 4.68 Å². The minimum absolute atomic E-state index is 0.0216. The van der Waals surface area contributed by atoms with Gasteiger partial charge >= 0.3 is 0 Å². The first-order valence-electron chi connectivity index (χ1n) is 6.08. The molecule has 2 aromatic rings. The van der Waals surface area contributed by atoms with E-state index in [4.69, 9.17) is 9.47 Å². The van der Waals surface area contributed by atoms with Crippen LogP contribution in [0.1, 0.15) is 17.3 Å². The van der Waals surface area contributed by atoms with Crippen molar-refractivity contribution in [3.05, 3.63) is 41.7 Å². The molecule has 1 heterocycles. The molecule has 0 amide bonds. The number of nitrogens with zero attached hydrogens (tertiary/aromatic N) is 2. The van der Waals surface area contributed by atoms with E-state index < -0.39 is 0 Å². The highest BCUT2D eigenvalue weighted by Crippen LogP contribution is 2.29. The van der Waals surface area contributed by atoms with Gasteiger partial charge in [0.15, 0.2) is 5.75 Å². The molecule has 0 saturated heterocycles. The Bertz CT molecular complexity index is 534. The highest BCUT2D eigenvalue weighted by atomic mass is 16.5. The normalized spacial score (nSPS) is 12.2. The summed E-state index contributed by atoms with van der Waals surface area (Å²) in [6.07, 6.45) is 1.73. The Morgan fingerprint density at radius 3 is 2.37 bits per heavy atom. The molecule has 5 heteroatoms. The molecule has 102 valence electrons. The predicted octanol–water partition coefficient (Wildman–Crippen LogP) is 1.75. The topological polar surface area (TPSA) is 48.3 Å². The fraction of sp³-hybridized carbons (Fsp3) is 0.357. The van der Waals surface area contributed by atoms with E-state index in [2.05, 4.69) is 10.4 Å². The summed E-state index contributed by atoms with van der Waals surface area (Å²) in [6, 6.07) is 7.98. The summed E-state index contributed by atoms with van der Waals surface area (Å²) in [5.41, 5.74) is 2.13. The Morgan fingerprint density at radius 1 is 1.16 bits per heavy atom. The molecule has 1 N–H and O–H groups in total. The highest BCUT2D eigenvalue weighted by molar-refractivity contribution is 5.38. The maximum absolute atomic E-state index is 5.37. The van der Waals surface area contributed by atoms with Gasteiger partial charge < -0.3 is 14.8 Å².